The Balaban J connectivity index is 1.74. The Hall–Kier alpha value is -1.02. The summed E-state index contributed by atoms with van der Waals surface area (Å²) < 4.78 is 0. The zero-order chi connectivity index (χ0) is 13.3. The van der Waals surface area contributed by atoms with Crippen molar-refractivity contribution in [2.75, 3.05) is 18.0 Å². The normalized spacial score (nSPS) is 22.5. The molecule has 3 rings (SSSR count). The molecule has 0 amide bonds. The van der Waals surface area contributed by atoms with Crippen LogP contribution in [0.1, 0.15) is 45.1 Å². The molecule has 1 N–H and O–H groups in total. The lowest BCUT2D eigenvalue weighted by molar-refractivity contribution is 0.293. The molecule has 1 aromatic rings. The van der Waals surface area contributed by atoms with Crippen LogP contribution in [0.4, 0.5) is 5.69 Å². The minimum absolute atomic E-state index is 0.454. The largest absolute Gasteiger partial charge is 0.371 e. The van der Waals surface area contributed by atoms with E-state index in [0.29, 0.717) is 5.41 Å². The second kappa shape index (κ2) is 5.16. The molecule has 0 spiro atoms. The molecular weight excluding hydrogens is 232 g/mol. The molecule has 2 aliphatic rings. The van der Waals surface area contributed by atoms with E-state index in [1.807, 2.05) is 0 Å². The number of nitrogens with one attached hydrogen (secondary N) is 1. The average molecular weight is 258 g/mol. The summed E-state index contributed by atoms with van der Waals surface area (Å²) in [6, 6.07) is 9.71. The summed E-state index contributed by atoms with van der Waals surface area (Å²) in [7, 11) is 0. The topological polar surface area (TPSA) is 15.3 Å². The van der Waals surface area contributed by atoms with Crippen molar-refractivity contribution in [3.8, 4) is 0 Å². The van der Waals surface area contributed by atoms with Gasteiger partial charge < -0.3 is 10.2 Å². The van der Waals surface area contributed by atoms with E-state index in [0.717, 1.165) is 12.6 Å². The SMILES string of the molecule is CC1(C)CCCN(c2ccccc2CNC2CC2)C1. The maximum Gasteiger partial charge on any atom is 0.0412 e. The molecule has 0 bridgehead atoms. The number of hydrogen-bond donors (Lipinski definition) is 1. The molecule has 2 heteroatoms. The average Bonchev–Trinajstić information content (AvgIpc) is 3.19. The van der Waals surface area contributed by atoms with Crippen LogP contribution in [-0.2, 0) is 6.54 Å². The van der Waals surface area contributed by atoms with Crippen molar-refractivity contribution in [1.29, 1.82) is 0 Å². The first-order valence-electron chi connectivity index (χ1n) is 7.70. The summed E-state index contributed by atoms with van der Waals surface area (Å²) in [5.41, 5.74) is 3.37. The minimum atomic E-state index is 0.454. The number of hydrogen-bond acceptors (Lipinski definition) is 2. The van der Waals surface area contributed by atoms with Gasteiger partial charge in [0.2, 0.25) is 0 Å². The van der Waals surface area contributed by atoms with Crippen LogP contribution < -0.4 is 10.2 Å². The minimum Gasteiger partial charge on any atom is -0.371 e. The lowest BCUT2D eigenvalue weighted by Gasteiger charge is -2.40. The van der Waals surface area contributed by atoms with Gasteiger partial charge in [0.25, 0.3) is 0 Å². The van der Waals surface area contributed by atoms with Crippen LogP contribution in [0.2, 0.25) is 0 Å². The molecule has 1 saturated heterocycles. The summed E-state index contributed by atoms with van der Waals surface area (Å²) in [5.74, 6) is 0. The predicted octanol–water partition coefficient (Wildman–Crippen LogP) is 3.57. The molecule has 2 fully saturated rings. The molecule has 2 nitrogen and oxygen atoms in total. The van der Waals surface area contributed by atoms with Crippen LogP contribution in [0.15, 0.2) is 24.3 Å². The van der Waals surface area contributed by atoms with Crippen LogP contribution in [0.3, 0.4) is 0 Å². The first-order chi connectivity index (χ1) is 9.14. The van der Waals surface area contributed by atoms with E-state index >= 15 is 0 Å². The maximum atomic E-state index is 3.65. The Kier molecular flexibility index (Phi) is 3.53. The Morgan fingerprint density at radius 1 is 1.26 bits per heavy atom. The van der Waals surface area contributed by atoms with Gasteiger partial charge >= 0.3 is 0 Å². The van der Waals surface area contributed by atoms with Crippen LogP contribution in [0.25, 0.3) is 0 Å². The van der Waals surface area contributed by atoms with E-state index in [1.54, 1.807) is 0 Å². The van der Waals surface area contributed by atoms with Crippen molar-refractivity contribution < 1.29 is 0 Å². The molecule has 19 heavy (non-hydrogen) atoms. The highest BCUT2D eigenvalue weighted by Crippen LogP contribution is 2.33. The molecule has 1 heterocycles. The second-order valence-corrected chi connectivity index (χ2v) is 6.97. The van der Waals surface area contributed by atoms with Gasteiger partial charge in [0.05, 0.1) is 0 Å². The smallest absolute Gasteiger partial charge is 0.0412 e. The fourth-order valence-electron chi connectivity index (χ4n) is 3.14. The number of rotatable bonds is 4. The van der Waals surface area contributed by atoms with Gasteiger partial charge in [-0.1, -0.05) is 32.0 Å². The molecule has 1 aromatic carbocycles. The molecule has 1 aliphatic heterocycles. The third-order valence-corrected chi connectivity index (χ3v) is 4.39. The molecule has 1 saturated carbocycles. The standard InChI is InChI=1S/C17H26N2/c1-17(2)10-5-11-19(13-17)16-7-4-3-6-14(16)12-18-15-8-9-15/h3-4,6-7,15,18H,5,8-13H2,1-2H3. The van der Waals surface area contributed by atoms with E-state index in [-0.39, 0.29) is 0 Å². The predicted molar refractivity (Wildman–Crippen MR) is 81.5 cm³/mol. The molecule has 0 radical (unpaired) electrons. The van der Waals surface area contributed by atoms with Gasteiger partial charge in [0, 0.05) is 31.4 Å². The van der Waals surface area contributed by atoms with E-state index in [1.165, 1.54) is 50.0 Å². The summed E-state index contributed by atoms with van der Waals surface area (Å²) >= 11 is 0. The van der Waals surface area contributed by atoms with Crippen LogP contribution in [0, 0.1) is 5.41 Å². The Morgan fingerprint density at radius 2 is 2.05 bits per heavy atom. The zero-order valence-corrected chi connectivity index (χ0v) is 12.3. The first kappa shape index (κ1) is 13.0. The van der Waals surface area contributed by atoms with E-state index in [9.17, 15) is 0 Å². The van der Waals surface area contributed by atoms with Crippen LogP contribution in [0.5, 0.6) is 0 Å². The Bertz CT molecular complexity index is 435. The van der Waals surface area contributed by atoms with E-state index in [4.69, 9.17) is 0 Å². The lowest BCUT2D eigenvalue weighted by Crippen LogP contribution is -2.40. The van der Waals surface area contributed by atoms with Crippen molar-refractivity contribution in [1.82, 2.24) is 5.32 Å². The number of anilines is 1. The summed E-state index contributed by atoms with van der Waals surface area (Å²) in [6.45, 7) is 8.21. The number of benzene rings is 1. The van der Waals surface area contributed by atoms with Gasteiger partial charge in [-0.05, 0) is 42.7 Å². The highest BCUT2D eigenvalue weighted by atomic mass is 15.1. The number of para-hydroxylation sites is 1. The maximum absolute atomic E-state index is 3.65. The van der Waals surface area contributed by atoms with Gasteiger partial charge in [0.1, 0.15) is 0 Å². The van der Waals surface area contributed by atoms with Crippen LogP contribution >= 0.6 is 0 Å². The monoisotopic (exact) mass is 258 g/mol. The third-order valence-electron chi connectivity index (χ3n) is 4.39. The third kappa shape index (κ3) is 3.30. The molecule has 0 aromatic heterocycles. The quantitative estimate of drug-likeness (QED) is 0.888. The fourth-order valence-corrected chi connectivity index (χ4v) is 3.14. The summed E-state index contributed by atoms with van der Waals surface area (Å²) in [6.07, 6.45) is 5.39. The van der Waals surface area contributed by atoms with Crippen molar-refractivity contribution in [3.63, 3.8) is 0 Å². The van der Waals surface area contributed by atoms with Gasteiger partial charge in [-0.3, -0.25) is 0 Å². The fraction of sp³-hybridized carbons (Fsp3) is 0.647. The highest BCUT2D eigenvalue weighted by Gasteiger charge is 2.27. The highest BCUT2D eigenvalue weighted by molar-refractivity contribution is 5.54. The van der Waals surface area contributed by atoms with Gasteiger partial charge in [0.15, 0.2) is 0 Å². The number of nitrogens with zero attached hydrogens (tertiary/aromatic N) is 1. The number of piperidine rings is 1. The summed E-state index contributed by atoms with van der Waals surface area (Å²) in [4.78, 5) is 2.59. The van der Waals surface area contributed by atoms with Gasteiger partial charge in [-0.15, -0.1) is 0 Å². The van der Waals surface area contributed by atoms with Crippen molar-refractivity contribution in [3.05, 3.63) is 29.8 Å². The van der Waals surface area contributed by atoms with Gasteiger partial charge in [-0.25, -0.2) is 0 Å². The summed E-state index contributed by atoms with van der Waals surface area (Å²) in [5, 5.41) is 3.65. The Morgan fingerprint density at radius 3 is 2.79 bits per heavy atom. The molecule has 1 aliphatic carbocycles. The van der Waals surface area contributed by atoms with E-state index < -0.39 is 0 Å². The molecular formula is C17H26N2. The van der Waals surface area contributed by atoms with Crippen LogP contribution in [-0.4, -0.2) is 19.1 Å². The lowest BCUT2D eigenvalue weighted by atomic mass is 9.84. The first-order valence-corrected chi connectivity index (χ1v) is 7.70. The van der Waals surface area contributed by atoms with Crippen molar-refractivity contribution in [2.45, 2.75) is 52.1 Å². The molecule has 0 unspecified atom stereocenters. The van der Waals surface area contributed by atoms with Gasteiger partial charge in [-0.2, -0.15) is 0 Å². The van der Waals surface area contributed by atoms with Crippen molar-refractivity contribution in [2.24, 2.45) is 5.41 Å². The van der Waals surface area contributed by atoms with E-state index in [2.05, 4.69) is 48.3 Å². The van der Waals surface area contributed by atoms with Crippen molar-refractivity contribution >= 4 is 5.69 Å². The Labute approximate surface area is 117 Å². The molecule has 0 atom stereocenters. The zero-order valence-electron chi connectivity index (χ0n) is 12.3. The molecule has 104 valence electrons. The second-order valence-electron chi connectivity index (χ2n) is 6.97.